The fourth-order valence-corrected chi connectivity index (χ4v) is 9.05. The summed E-state index contributed by atoms with van der Waals surface area (Å²) in [5.74, 6) is 0.475. The highest BCUT2D eigenvalue weighted by atomic mass is 16.4. The predicted octanol–water partition coefficient (Wildman–Crippen LogP) is 10.9. The zero-order chi connectivity index (χ0) is 25.0. The van der Waals surface area contributed by atoms with Crippen LogP contribution in [0.3, 0.4) is 0 Å². The van der Waals surface area contributed by atoms with Gasteiger partial charge in [-0.05, 0) is 81.0 Å². The second-order valence-corrected chi connectivity index (χ2v) is 13.3. The van der Waals surface area contributed by atoms with Crippen LogP contribution in [0.15, 0.2) is 0 Å². The van der Waals surface area contributed by atoms with Gasteiger partial charge in [-0.25, -0.2) is 0 Å². The van der Waals surface area contributed by atoms with Crippen molar-refractivity contribution in [3.05, 3.63) is 0 Å². The van der Waals surface area contributed by atoms with Crippen molar-refractivity contribution in [2.45, 2.75) is 181 Å². The van der Waals surface area contributed by atoms with E-state index in [1.165, 1.54) is 141 Å². The molecule has 0 spiro atoms. The molecule has 3 aliphatic carbocycles. The van der Waals surface area contributed by atoms with Crippen molar-refractivity contribution < 1.29 is 9.90 Å². The van der Waals surface area contributed by atoms with Gasteiger partial charge in [0.2, 0.25) is 0 Å². The minimum Gasteiger partial charge on any atom is -0.481 e. The van der Waals surface area contributed by atoms with Crippen molar-refractivity contribution in [1.82, 2.24) is 0 Å². The quantitative estimate of drug-likeness (QED) is 0.233. The fraction of sp³-hybridized carbons (Fsp3) is 0.970. The lowest BCUT2D eigenvalue weighted by Gasteiger charge is -2.58. The number of hydrogen-bond acceptors (Lipinski definition) is 1. The second kappa shape index (κ2) is 14.4. The van der Waals surface area contributed by atoms with Crippen molar-refractivity contribution >= 4 is 5.97 Å². The molecule has 204 valence electrons. The third-order valence-electron chi connectivity index (χ3n) is 11.3. The van der Waals surface area contributed by atoms with Crippen LogP contribution in [0.5, 0.6) is 0 Å². The molecular formula is C33H60O2. The average molecular weight is 489 g/mol. The summed E-state index contributed by atoms with van der Waals surface area (Å²) in [5.41, 5.74) is 0.149. The van der Waals surface area contributed by atoms with E-state index in [0.29, 0.717) is 5.41 Å². The van der Waals surface area contributed by atoms with E-state index in [-0.39, 0.29) is 5.41 Å². The molecule has 0 aromatic heterocycles. The van der Waals surface area contributed by atoms with Gasteiger partial charge in [-0.15, -0.1) is 0 Å². The normalized spacial score (nSPS) is 29.8. The molecule has 1 N–H and O–H groups in total. The fourth-order valence-electron chi connectivity index (χ4n) is 9.05. The first-order valence-corrected chi connectivity index (χ1v) is 16.3. The maximum absolute atomic E-state index is 13.0. The molecule has 0 amide bonds. The van der Waals surface area contributed by atoms with Crippen LogP contribution in [0.4, 0.5) is 0 Å². The minimum atomic E-state index is -0.439. The molecule has 0 saturated heterocycles. The Hall–Kier alpha value is -0.530. The Morgan fingerprint density at radius 1 is 0.629 bits per heavy atom. The molecule has 3 saturated carbocycles. The van der Waals surface area contributed by atoms with Gasteiger partial charge in [-0.3, -0.25) is 4.79 Å². The van der Waals surface area contributed by atoms with E-state index in [0.717, 1.165) is 31.6 Å². The summed E-state index contributed by atoms with van der Waals surface area (Å²) in [4.78, 5) is 13.0. The van der Waals surface area contributed by atoms with Crippen LogP contribution in [0.25, 0.3) is 0 Å². The summed E-state index contributed by atoms with van der Waals surface area (Å²) in [6.45, 7) is 4.60. The second-order valence-electron chi connectivity index (χ2n) is 13.3. The van der Waals surface area contributed by atoms with Crippen LogP contribution in [0.1, 0.15) is 181 Å². The van der Waals surface area contributed by atoms with E-state index in [9.17, 15) is 9.90 Å². The summed E-state index contributed by atoms with van der Waals surface area (Å²) in [6, 6.07) is 0. The number of rotatable bonds is 15. The predicted molar refractivity (Wildman–Crippen MR) is 150 cm³/mol. The molecule has 0 bridgehead atoms. The van der Waals surface area contributed by atoms with Crippen molar-refractivity contribution in [3.8, 4) is 0 Å². The molecule has 3 rings (SSSR count). The van der Waals surface area contributed by atoms with Crippen molar-refractivity contribution in [3.63, 3.8) is 0 Å². The summed E-state index contributed by atoms with van der Waals surface area (Å²) in [7, 11) is 0. The molecule has 0 aromatic carbocycles. The molecule has 0 atom stereocenters. The molecule has 2 nitrogen and oxygen atoms in total. The lowest BCUT2D eigenvalue weighted by molar-refractivity contribution is -0.171. The summed E-state index contributed by atoms with van der Waals surface area (Å²) in [6.07, 6.45) is 33.8. The monoisotopic (exact) mass is 488 g/mol. The number of carboxylic acids is 1. The van der Waals surface area contributed by atoms with E-state index in [4.69, 9.17) is 0 Å². The maximum atomic E-state index is 13.0. The lowest BCUT2D eigenvalue weighted by Crippen LogP contribution is -2.53. The largest absolute Gasteiger partial charge is 0.481 e. The number of hydrogen-bond donors (Lipinski definition) is 1. The first kappa shape index (κ1) is 29.0. The van der Waals surface area contributed by atoms with Crippen LogP contribution in [0.2, 0.25) is 0 Å². The molecule has 3 aliphatic rings. The lowest BCUT2D eigenvalue weighted by atomic mass is 9.46. The molecule has 35 heavy (non-hydrogen) atoms. The maximum Gasteiger partial charge on any atom is 0.310 e. The minimum absolute atomic E-state index is 0.0622. The summed E-state index contributed by atoms with van der Waals surface area (Å²) >= 11 is 0. The van der Waals surface area contributed by atoms with Gasteiger partial charge in [0.1, 0.15) is 0 Å². The zero-order valence-electron chi connectivity index (χ0n) is 23.8. The van der Waals surface area contributed by atoms with Crippen LogP contribution in [-0.2, 0) is 4.79 Å². The highest BCUT2D eigenvalue weighted by Crippen LogP contribution is 2.64. The highest BCUT2D eigenvalue weighted by molar-refractivity contribution is 5.76. The Morgan fingerprint density at radius 3 is 1.74 bits per heavy atom. The van der Waals surface area contributed by atoms with E-state index in [1.54, 1.807) is 0 Å². The van der Waals surface area contributed by atoms with Crippen molar-refractivity contribution in [2.75, 3.05) is 0 Å². The third-order valence-corrected chi connectivity index (χ3v) is 11.3. The smallest absolute Gasteiger partial charge is 0.310 e. The van der Waals surface area contributed by atoms with Crippen LogP contribution in [-0.4, -0.2) is 11.1 Å². The van der Waals surface area contributed by atoms with Crippen LogP contribution >= 0.6 is 0 Å². The Balaban J connectivity index is 1.73. The number of aliphatic carboxylic acids is 1. The molecule has 0 radical (unpaired) electrons. The molecule has 2 heteroatoms. The molecule has 0 aliphatic heterocycles. The Kier molecular flexibility index (Phi) is 12.0. The van der Waals surface area contributed by atoms with Gasteiger partial charge in [0.05, 0.1) is 5.41 Å². The molecule has 0 aromatic rings. The van der Waals surface area contributed by atoms with Crippen LogP contribution < -0.4 is 0 Å². The first-order chi connectivity index (χ1) is 17.0. The van der Waals surface area contributed by atoms with E-state index in [2.05, 4.69) is 13.8 Å². The standard InChI is InChI=1S/C33H60O2/c1-3-5-7-8-9-10-16-21-31(29-19-13-11-14-20-29)25-27-32(28-26-31,22-15-6-4-2)33(30(34)35)23-17-12-18-24-33/h29H,3-28H2,1-2H3,(H,34,35). The Bertz CT molecular complexity index is 588. The molecular weight excluding hydrogens is 428 g/mol. The zero-order valence-corrected chi connectivity index (χ0v) is 23.8. The first-order valence-electron chi connectivity index (χ1n) is 16.3. The number of carbonyl (C=O) groups is 1. The van der Waals surface area contributed by atoms with E-state index < -0.39 is 11.4 Å². The molecule has 3 fully saturated rings. The third kappa shape index (κ3) is 7.07. The van der Waals surface area contributed by atoms with Gasteiger partial charge in [-0.2, -0.15) is 0 Å². The average Bonchev–Trinajstić information content (AvgIpc) is 2.90. The topological polar surface area (TPSA) is 37.3 Å². The number of unbranched alkanes of at least 4 members (excludes halogenated alkanes) is 8. The van der Waals surface area contributed by atoms with Gasteiger partial charge in [0, 0.05) is 0 Å². The van der Waals surface area contributed by atoms with Gasteiger partial charge in [0.25, 0.3) is 0 Å². The molecule has 0 heterocycles. The van der Waals surface area contributed by atoms with Crippen molar-refractivity contribution in [1.29, 1.82) is 0 Å². The van der Waals surface area contributed by atoms with E-state index in [1.807, 2.05) is 0 Å². The van der Waals surface area contributed by atoms with Gasteiger partial charge < -0.3 is 5.11 Å². The SMILES string of the molecule is CCCCCCCCCC1(C2CCCCC2)CCC(CCCCC)(C2(C(=O)O)CCCCC2)CC1. The van der Waals surface area contributed by atoms with Crippen molar-refractivity contribution in [2.24, 2.45) is 22.2 Å². The van der Waals surface area contributed by atoms with Gasteiger partial charge in [-0.1, -0.05) is 117 Å². The van der Waals surface area contributed by atoms with Gasteiger partial charge >= 0.3 is 5.97 Å². The molecule has 0 unspecified atom stereocenters. The number of carboxylic acid groups (broad SMARTS) is 1. The summed E-state index contributed by atoms with van der Waals surface area (Å²) in [5, 5.41) is 10.7. The highest BCUT2D eigenvalue weighted by Gasteiger charge is 2.59. The Morgan fingerprint density at radius 2 is 1.14 bits per heavy atom. The van der Waals surface area contributed by atoms with Crippen LogP contribution in [0, 0.1) is 22.2 Å². The van der Waals surface area contributed by atoms with Gasteiger partial charge in [0.15, 0.2) is 0 Å². The summed E-state index contributed by atoms with van der Waals surface area (Å²) < 4.78 is 0. The van der Waals surface area contributed by atoms with E-state index >= 15 is 0 Å². The Labute approximate surface area is 218 Å².